The van der Waals surface area contributed by atoms with Gasteiger partial charge >= 0.3 is 18.2 Å². The number of carbonyl (C=O) groups excluding carboxylic acids is 3. The lowest BCUT2D eigenvalue weighted by molar-refractivity contribution is -0.151. The number of carbonyl (C=O) groups is 3. The Morgan fingerprint density at radius 1 is 1.12 bits per heavy atom. The number of imide groups is 1. The summed E-state index contributed by atoms with van der Waals surface area (Å²) in [5, 5.41) is 0. The number of nitrogens with zero attached hydrogens (tertiary/aromatic N) is 2. The minimum Gasteiger partial charge on any atom is -0.461 e. The van der Waals surface area contributed by atoms with Crippen LogP contribution in [0.15, 0.2) is 48.5 Å². The van der Waals surface area contributed by atoms with E-state index in [0.717, 1.165) is 17.0 Å². The van der Waals surface area contributed by atoms with Crippen LogP contribution in [0.25, 0.3) is 0 Å². The summed E-state index contributed by atoms with van der Waals surface area (Å²) in [6.45, 7) is 2.86. The van der Waals surface area contributed by atoms with Crippen molar-refractivity contribution in [2.45, 2.75) is 31.6 Å². The molecule has 1 aliphatic heterocycles. The number of hydrogen-bond acceptors (Lipinski definition) is 6. The molecule has 3 rings (SSSR count). The van der Waals surface area contributed by atoms with Gasteiger partial charge in [0.1, 0.15) is 12.6 Å². The highest BCUT2D eigenvalue weighted by molar-refractivity contribution is 6.23. The molecule has 1 unspecified atom stereocenters. The highest BCUT2D eigenvalue weighted by Gasteiger charge is 2.58. The minimum absolute atomic E-state index is 0.245. The lowest BCUT2D eigenvalue weighted by Gasteiger charge is -2.33. The molecule has 0 bridgehead atoms. The summed E-state index contributed by atoms with van der Waals surface area (Å²) in [7, 11) is 1.31. The number of urea groups is 1. The normalized spacial score (nSPS) is 19.6. The number of alkyl halides is 3. The average molecular weight is 478 g/mol. The van der Waals surface area contributed by atoms with E-state index in [1.807, 2.05) is 0 Å². The summed E-state index contributed by atoms with van der Waals surface area (Å²) in [6, 6.07) is 8.96. The van der Waals surface area contributed by atoms with Crippen molar-refractivity contribution in [1.82, 2.24) is 4.90 Å². The van der Waals surface area contributed by atoms with Gasteiger partial charge in [0.2, 0.25) is 0 Å². The molecule has 0 spiro atoms. The number of benzene rings is 2. The molecule has 0 aromatic heterocycles. The number of amides is 3. The highest BCUT2D eigenvalue weighted by Crippen LogP contribution is 2.42. The molecule has 4 N–H and O–H groups in total. The van der Waals surface area contributed by atoms with Gasteiger partial charge in [0.15, 0.2) is 5.54 Å². The lowest BCUT2D eigenvalue weighted by Crippen LogP contribution is -2.50. The van der Waals surface area contributed by atoms with Crippen molar-refractivity contribution in [3.63, 3.8) is 0 Å². The SMILES string of the molecule is CC(C)[C@H](N)C(=O)OCC1(c2ccccc2)C(=O)N(c2ccc(N)c(C(F)(F)F)c2)C(=O)N1C. The predicted molar refractivity (Wildman–Crippen MR) is 118 cm³/mol. The summed E-state index contributed by atoms with van der Waals surface area (Å²) >= 11 is 0. The number of nitrogens with two attached hydrogens (primary N) is 2. The Morgan fingerprint density at radius 3 is 2.29 bits per heavy atom. The van der Waals surface area contributed by atoms with Gasteiger partial charge in [0, 0.05) is 12.7 Å². The van der Waals surface area contributed by atoms with Crippen molar-refractivity contribution < 1.29 is 32.3 Å². The zero-order valence-corrected chi connectivity index (χ0v) is 18.8. The number of nitrogen functional groups attached to an aromatic ring is 1. The van der Waals surface area contributed by atoms with Crippen LogP contribution < -0.4 is 16.4 Å². The molecule has 182 valence electrons. The molecule has 34 heavy (non-hydrogen) atoms. The molecule has 0 aliphatic carbocycles. The van der Waals surface area contributed by atoms with Gasteiger partial charge < -0.3 is 21.1 Å². The number of ether oxygens (including phenoxy) is 1. The zero-order valence-electron chi connectivity index (χ0n) is 18.8. The van der Waals surface area contributed by atoms with Crippen molar-refractivity contribution in [2.24, 2.45) is 11.7 Å². The van der Waals surface area contributed by atoms with Gasteiger partial charge in [-0.3, -0.25) is 9.59 Å². The largest absolute Gasteiger partial charge is 0.461 e. The molecule has 0 saturated carbocycles. The van der Waals surface area contributed by atoms with Crippen LogP contribution in [0.2, 0.25) is 0 Å². The van der Waals surface area contributed by atoms with Gasteiger partial charge in [-0.25, -0.2) is 9.69 Å². The van der Waals surface area contributed by atoms with Gasteiger partial charge in [-0.2, -0.15) is 13.2 Å². The fourth-order valence-electron chi connectivity index (χ4n) is 3.70. The van der Waals surface area contributed by atoms with Crippen LogP contribution >= 0.6 is 0 Å². The molecule has 1 heterocycles. The second-order valence-electron chi connectivity index (χ2n) is 8.36. The molecule has 2 aromatic carbocycles. The van der Waals surface area contributed by atoms with E-state index in [0.29, 0.717) is 16.5 Å². The van der Waals surface area contributed by atoms with Crippen LogP contribution in [0.4, 0.5) is 29.3 Å². The number of rotatable bonds is 6. The highest BCUT2D eigenvalue weighted by atomic mass is 19.4. The maximum atomic E-state index is 13.7. The summed E-state index contributed by atoms with van der Waals surface area (Å²) in [5.41, 5.74) is 7.76. The Kier molecular flexibility index (Phi) is 6.61. The van der Waals surface area contributed by atoms with Crippen molar-refractivity contribution >= 4 is 29.3 Å². The molecule has 3 amide bonds. The van der Waals surface area contributed by atoms with E-state index >= 15 is 0 Å². The van der Waals surface area contributed by atoms with E-state index in [-0.39, 0.29) is 11.6 Å². The van der Waals surface area contributed by atoms with E-state index in [9.17, 15) is 27.6 Å². The third-order valence-corrected chi connectivity index (χ3v) is 5.87. The molecule has 1 aliphatic rings. The minimum atomic E-state index is -4.79. The van der Waals surface area contributed by atoms with E-state index < -0.39 is 53.5 Å². The third kappa shape index (κ3) is 4.18. The van der Waals surface area contributed by atoms with Crippen LogP contribution in [0.5, 0.6) is 0 Å². The monoisotopic (exact) mass is 478 g/mol. The standard InChI is InChI=1S/C23H25F3N4O4/c1-13(2)18(28)19(31)34-12-22(14-7-5-4-6-8-14)20(32)30(21(33)29(22)3)15-9-10-17(27)16(11-15)23(24,25)26/h4-11,13,18H,12,27-28H2,1-3H3/t18-,22?/m0/s1. The van der Waals surface area contributed by atoms with Gasteiger partial charge in [-0.15, -0.1) is 0 Å². The van der Waals surface area contributed by atoms with Crippen molar-refractivity contribution in [2.75, 3.05) is 24.3 Å². The lowest BCUT2D eigenvalue weighted by atomic mass is 9.89. The van der Waals surface area contributed by atoms with Crippen LogP contribution in [0.1, 0.15) is 25.0 Å². The first-order chi connectivity index (χ1) is 15.8. The van der Waals surface area contributed by atoms with Crippen molar-refractivity contribution in [1.29, 1.82) is 0 Å². The van der Waals surface area contributed by atoms with Crippen molar-refractivity contribution in [3.8, 4) is 0 Å². The fraction of sp³-hybridized carbons (Fsp3) is 0.348. The van der Waals surface area contributed by atoms with Gasteiger partial charge in [-0.1, -0.05) is 44.2 Å². The first-order valence-electron chi connectivity index (χ1n) is 10.4. The molecular weight excluding hydrogens is 453 g/mol. The quantitative estimate of drug-likeness (QED) is 0.374. The van der Waals surface area contributed by atoms with E-state index in [1.165, 1.54) is 7.05 Å². The van der Waals surface area contributed by atoms with Crippen LogP contribution in [-0.4, -0.2) is 42.5 Å². The Balaban J connectivity index is 2.09. The molecule has 8 nitrogen and oxygen atoms in total. The van der Waals surface area contributed by atoms with E-state index in [4.69, 9.17) is 16.2 Å². The second kappa shape index (κ2) is 8.98. The number of esters is 1. The molecule has 1 saturated heterocycles. The molecule has 2 aromatic rings. The van der Waals surface area contributed by atoms with E-state index in [1.54, 1.807) is 44.2 Å². The third-order valence-electron chi connectivity index (χ3n) is 5.87. The molecule has 0 radical (unpaired) electrons. The van der Waals surface area contributed by atoms with Crippen LogP contribution in [0.3, 0.4) is 0 Å². The topological polar surface area (TPSA) is 119 Å². The van der Waals surface area contributed by atoms with Crippen LogP contribution in [-0.2, 0) is 26.0 Å². The van der Waals surface area contributed by atoms with Crippen LogP contribution in [0, 0.1) is 5.92 Å². The molecule has 11 heteroatoms. The van der Waals surface area contributed by atoms with Gasteiger partial charge in [0.25, 0.3) is 5.91 Å². The Morgan fingerprint density at radius 2 is 1.74 bits per heavy atom. The maximum Gasteiger partial charge on any atom is 0.418 e. The number of hydrogen-bond donors (Lipinski definition) is 2. The number of halogens is 3. The van der Waals surface area contributed by atoms with Gasteiger partial charge in [-0.05, 0) is 29.7 Å². The Hall–Kier alpha value is -3.60. The van der Waals surface area contributed by atoms with Gasteiger partial charge in [0.05, 0.1) is 11.3 Å². The first kappa shape index (κ1) is 25.0. The Labute approximate surface area is 194 Å². The number of likely N-dealkylation sites (N-methyl/N-ethyl adjacent to an activating group) is 1. The first-order valence-corrected chi connectivity index (χ1v) is 10.4. The molecule has 1 fully saturated rings. The summed E-state index contributed by atoms with van der Waals surface area (Å²) in [6.07, 6.45) is -4.79. The average Bonchev–Trinajstić information content (AvgIpc) is 2.97. The van der Waals surface area contributed by atoms with Crippen molar-refractivity contribution in [3.05, 3.63) is 59.7 Å². The molecule has 2 atom stereocenters. The number of anilines is 2. The summed E-state index contributed by atoms with van der Waals surface area (Å²) in [4.78, 5) is 41.0. The smallest absolute Gasteiger partial charge is 0.418 e. The zero-order chi connectivity index (χ0) is 25.4. The second-order valence-corrected chi connectivity index (χ2v) is 8.36. The van der Waals surface area contributed by atoms with E-state index in [2.05, 4.69) is 0 Å². The predicted octanol–water partition coefficient (Wildman–Crippen LogP) is 3.11. The maximum absolute atomic E-state index is 13.7. The Bertz CT molecular complexity index is 1110. The summed E-state index contributed by atoms with van der Waals surface area (Å²) < 4.78 is 45.6. The molecular formula is C23H25F3N4O4. The fourth-order valence-corrected chi connectivity index (χ4v) is 3.70. The summed E-state index contributed by atoms with van der Waals surface area (Å²) in [5.74, 6) is -1.90.